The lowest BCUT2D eigenvalue weighted by atomic mass is 9.81. The molecule has 0 bridgehead atoms. The highest BCUT2D eigenvalue weighted by Gasteiger charge is 2.41. The molecule has 0 heterocycles. The van der Waals surface area contributed by atoms with Crippen molar-refractivity contribution in [3.63, 3.8) is 0 Å². The van der Waals surface area contributed by atoms with Crippen LogP contribution in [0.1, 0.15) is 48.9 Å². The monoisotopic (exact) mass is 490 g/mol. The van der Waals surface area contributed by atoms with Gasteiger partial charge in [0.15, 0.2) is 5.78 Å². The fraction of sp³-hybridized carbons (Fsp3) is 0.333. The summed E-state index contributed by atoms with van der Waals surface area (Å²) in [6, 6.07) is 21.9. The zero-order valence-electron chi connectivity index (χ0n) is 21.4. The van der Waals surface area contributed by atoms with Gasteiger partial charge < -0.3 is 9.47 Å². The number of ketones is 1. The minimum Gasteiger partial charge on any atom is -0.497 e. The molecule has 0 N–H and O–H groups in total. The molecule has 184 valence electrons. The van der Waals surface area contributed by atoms with Crippen LogP contribution in [-0.4, -0.2) is 30.2 Å². The van der Waals surface area contributed by atoms with Gasteiger partial charge in [-0.25, -0.2) is 0 Å². The van der Waals surface area contributed by atoms with E-state index in [1.165, 1.54) is 11.8 Å². The molecule has 0 aliphatic carbocycles. The SMILES string of the molecule is CCOC(=O)C(C(=O)C(C)(C)SCc1ccc(OC)cc1)c1c(C)ccc(-c2ccccc2)c1C. The fourth-order valence-corrected chi connectivity index (χ4v) is 5.20. The van der Waals surface area contributed by atoms with Gasteiger partial charge in [0.2, 0.25) is 0 Å². The van der Waals surface area contributed by atoms with Crippen LogP contribution in [0.25, 0.3) is 11.1 Å². The van der Waals surface area contributed by atoms with Crippen LogP contribution in [-0.2, 0) is 20.1 Å². The van der Waals surface area contributed by atoms with Crippen molar-refractivity contribution < 1.29 is 19.1 Å². The van der Waals surface area contributed by atoms with Crippen LogP contribution < -0.4 is 4.74 Å². The van der Waals surface area contributed by atoms with Crippen LogP contribution >= 0.6 is 11.8 Å². The van der Waals surface area contributed by atoms with Crippen molar-refractivity contribution in [1.29, 1.82) is 0 Å². The number of ether oxygens (including phenoxy) is 2. The second-order valence-electron chi connectivity index (χ2n) is 9.03. The zero-order chi connectivity index (χ0) is 25.6. The number of rotatable bonds is 10. The Morgan fingerprint density at radius 1 is 0.943 bits per heavy atom. The molecule has 0 fully saturated rings. The van der Waals surface area contributed by atoms with E-state index in [9.17, 15) is 9.59 Å². The molecule has 1 atom stereocenters. The van der Waals surface area contributed by atoms with Crippen molar-refractivity contribution in [1.82, 2.24) is 0 Å². The van der Waals surface area contributed by atoms with Gasteiger partial charge >= 0.3 is 5.97 Å². The van der Waals surface area contributed by atoms with Gasteiger partial charge in [0, 0.05) is 5.75 Å². The second kappa shape index (κ2) is 11.6. The number of carbonyl (C=O) groups is 2. The van der Waals surface area contributed by atoms with Crippen molar-refractivity contribution in [2.75, 3.05) is 13.7 Å². The van der Waals surface area contributed by atoms with Crippen LogP contribution in [0.2, 0.25) is 0 Å². The second-order valence-corrected chi connectivity index (χ2v) is 10.6. The van der Waals surface area contributed by atoms with E-state index >= 15 is 0 Å². The molecule has 0 spiro atoms. The van der Waals surface area contributed by atoms with Crippen molar-refractivity contribution in [3.05, 3.63) is 89.0 Å². The van der Waals surface area contributed by atoms with Crippen molar-refractivity contribution in [2.45, 2.75) is 51.0 Å². The third kappa shape index (κ3) is 6.15. The zero-order valence-corrected chi connectivity index (χ0v) is 22.2. The molecular weight excluding hydrogens is 456 g/mol. The Kier molecular flexibility index (Phi) is 8.79. The third-order valence-corrected chi connectivity index (χ3v) is 7.64. The van der Waals surface area contributed by atoms with Crippen LogP contribution in [0.4, 0.5) is 0 Å². The van der Waals surface area contributed by atoms with Crippen LogP contribution in [0.3, 0.4) is 0 Å². The van der Waals surface area contributed by atoms with E-state index in [4.69, 9.17) is 9.47 Å². The molecule has 3 aromatic carbocycles. The molecule has 0 amide bonds. The maximum Gasteiger partial charge on any atom is 0.321 e. The van der Waals surface area contributed by atoms with Gasteiger partial charge in [-0.3, -0.25) is 9.59 Å². The lowest BCUT2D eigenvalue weighted by Crippen LogP contribution is -2.38. The summed E-state index contributed by atoms with van der Waals surface area (Å²) in [6.07, 6.45) is 0. The van der Waals surface area contributed by atoms with Crippen molar-refractivity contribution in [3.8, 4) is 16.9 Å². The van der Waals surface area contributed by atoms with E-state index in [2.05, 4.69) is 6.07 Å². The number of thioether (sulfide) groups is 1. The van der Waals surface area contributed by atoms with Gasteiger partial charge in [-0.15, -0.1) is 11.8 Å². The molecular formula is C30H34O4S. The van der Waals surface area contributed by atoms with E-state index in [1.54, 1.807) is 14.0 Å². The van der Waals surface area contributed by atoms with Crippen LogP contribution in [0, 0.1) is 13.8 Å². The molecule has 0 aliphatic heterocycles. The Morgan fingerprint density at radius 2 is 1.60 bits per heavy atom. The Morgan fingerprint density at radius 3 is 2.20 bits per heavy atom. The lowest BCUT2D eigenvalue weighted by Gasteiger charge is -2.29. The minimum atomic E-state index is -0.989. The van der Waals surface area contributed by atoms with Gasteiger partial charge in [-0.1, -0.05) is 54.6 Å². The maximum atomic E-state index is 14.0. The van der Waals surface area contributed by atoms with E-state index in [0.717, 1.165) is 39.1 Å². The van der Waals surface area contributed by atoms with E-state index in [-0.39, 0.29) is 12.4 Å². The average molecular weight is 491 g/mol. The highest BCUT2D eigenvalue weighted by atomic mass is 32.2. The largest absolute Gasteiger partial charge is 0.497 e. The first kappa shape index (κ1) is 26.6. The van der Waals surface area contributed by atoms with Gasteiger partial charge in [0.05, 0.1) is 18.5 Å². The van der Waals surface area contributed by atoms with Gasteiger partial charge in [-0.05, 0) is 80.1 Å². The molecule has 4 nitrogen and oxygen atoms in total. The fourth-order valence-electron chi connectivity index (χ4n) is 4.22. The minimum absolute atomic E-state index is 0.147. The summed E-state index contributed by atoms with van der Waals surface area (Å²) < 4.78 is 9.86. The molecule has 0 radical (unpaired) electrons. The van der Waals surface area contributed by atoms with Gasteiger partial charge in [0.1, 0.15) is 11.7 Å². The van der Waals surface area contributed by atoms with E-state index in [1.807, 2.05) is 88.4 Å². The number of hydrogen-bond donors (Lipinski definition) is 0. The molecule has 35 heavy (non-hydrogen) atoms. The van der Waals surface area contributed by atoms with Gasteiger partial charge in [0.25, 0.3) is 0 Å². The number of aryl methyl sites for hydroxylation is 1. The predicted octanol–water partition coefficient (Wildman–Crippen LogP) is 6.91. The van der Waals surface area contributed by atoms with Crippen LogP contribution in [0.15, 0.2) is 66.7 Å². The Labute approximate surface area is 213 Å². The molecule has 3 aromatic rings. The summed E-state index contributed by atoms with van der Waals surface area (Å²) >= 11 is 1.53. The molecule has 5 heteroatoms. The first-order chi connectivity index (χ1) is 16.7. The normalized spacial score (nSPS) is 12.2. The summed E-state index contributed by atoms with van der Waals surface area (Å²) in [4.78, 5) is 27.3. The highest BCUT2D eigenvalue weighted by Crippen LogP contribution is 2.39. The summed E-state index contributed by atoms with van der Waals surface area (Å²) in [5, 5.41) is 0. The number of benzene rings is 3. The molecule has 0 saturated heterocycles. The number of hydrogen-bond acceptors (Lipinski definition) is 5. The quantitative estimate of drug-likeness (QED) is 0.228. The summed E-state index contributed by atoms with van der Waals surface area (Å²) in [6.45, 7) is 9.71. The third-order valence-electron chi connectivity index (χ3n) is 6.24. The summed E-state index contributed by atoms with van der Waals surface area (Å²) in [5.74, 6) is -0.198. The van der Waals surface area contributed by atoms with E-state index in [0.29, 0.717) is 5.75 Å². The van der Waals surface area contributed by atoms with Crippen LogP contribution in [0.5, 0.6) is 5.75 Å². The average Bonchev–Trinajstić information content (AvgIpc) is 2.86. The Balaban J connectivity index is 1.98. The maximum absolute atomic E-state index is 14.0. The molecule has 1 unspecified atom stereocenters. The standard InChI is InChI=1S/C30H34O4S/c1-7-34-29(32)27(26-20(2)13-18-25(21(26)3)23-11-9-8-10-12-23)28(31)30(4,5)35-19-22-14-16-24(33-6)17-15-22/h8-18,27H,7,19H2,1-6H3. The number of esters is 1. The molecule has 0 aliphatic rings. The van der Waals surface area contributed by atoms with Gasteiger partial charge in [-0.2, -0.15) is 0 Å². The summed E-state index contributed by atoms with van der Waals surface area (Å²) in [7, 11) is 1.64. The first-order valence-electron chi connectivity index (χ1n) is 11.8. The number of Topliss-reactive ketones (excluding diaryl/α,β-unsaturated/α-hetero) is 1. The van der Waals surface area contributed by atoms with Crippen molar-refractivity contribution in [2.24, 2.45) is 0 Å². The van der Waals surface area contributed by atoms with E-state index < -0.39 is 16.6 Å². The lowest BCUT2D eigenvalue weighted by molar-refractivity contribution is -0.148. The van der Waals surface area contributed by atoms with Crippen molar-refractivity contribution >= 4 is 23.5 Å². The number of methoxy groups -OCH3 is 1. The smallest absolute Gasteiger partial charge is 0.321 e. The molecule has 3 rings (SSSR count). The number of carbonyl (C=O) groups excluding carboxylic acids is 2. The first-order valence-corrected chi connectivity index (χ1v) is 12.8. The Hall–Kier alpha value is -3.05. The molecule has 0 saturated carbocycles. The Bertz CT molecular complexity index is 1170. The molecule has 0 aromatic heterocycles. The highest BCUT2D eigenvalue weighted by molar-refractivity contribution is 8.00. The predicted molar refractivity (Wildman–Crippen MR) is 144 cm³/mol. The topological polar surface area (TPSA) is 52.6 Å². The summed E-state index contributed by atoms with van der Waals surface area (Å²) in [5.41, 5.74) is 5.73.